The molecule has 3 aromatic rings. The summed E-state index contributed by atoms with van der Waals surface area (Å²) in [5.41, 5.74) is 1.29. The van der Waals surface area contributed by atoms with Gasteiger partial charge in [-0.25, -0.2) is 8.42 Å². The van der Waals surface area contributed by atoms with E-state index in [-0.39, 0.29) is 0 Å². The smallest absolute Gasteiger partial charge is 0.244 e. The van der Waals surface area contributed by atoms with Crippen LogP contribution in [-0.2, 0) is 16.6 Å². The molecule has 1 aliphatic heterocycles. The van der Waals surface area contributed by atoms with E-state index in [2.05, 4.69) is 12.1 Å². The summed E-state index contributed by atoms with van der Waals surface area (Å²) in [6.07, 6.45) is 0. The molecule has 28 heavy (non-hydrogen) atoms. The third kappa shape index (κ3) is 3.63. The van der Waals surface area contributed by atoms with E-state index in [0.717, 1.165) is 25.0 Å². The van der Waals surface area contributed by atoms with E-state index >= 15 is 0 Å². The summed E-state index contributed by atoms with van der Waals surface area (Å²) in [4.78, 5) is 1.77. The zero-order chi connectivity index (χ0) is 19.6. The van der Waals surface area contributed by atoms with Crippen LogP contribution in [0.5, 0.6) is 5.75 Å². The third-order valence-electron chi connectivity index (χ3n) is 5.41. The maximum Gasteiger partial charge on any atom is 0.244 e. The number of benzene rings is 3. The molecule has 0 aromatic heterocycles. The van der Waals surface area contributed by atoms with Crippen LogP contribution >= 0.6 is 0 Å². The van der Waals surface area contributed by atoms with Crippen molar-refractivity contribution in [3.63, 3.8) is 0 Å². The monoisotopic (exact) mass is 397 g/mol. The fourth-order valence-corrected chi connectivity index (χ4v) is 5.53. The molecule has 0 radical (unpaired) electrons. The van der Waals surface area contributed by atoms with Crippen LogP contribution in [0, 0.1) is 0 Å². The standard InChI is InChI=1S/C22H24N2O3S/c1-27-21-11-12-22(20-10-6-5-9-19(20)21)28(25,26)24-15-13-23(14-16-24)17-18-7-3-2-4-8-18/h2-12H,13-17H2,1H3/p+1. The minimum atomic E-state index is -3.55. The molecular formula is C22H25N2O3S+. The molecular weight excluding hydrogens is 372 g/mol. The molecule has 0 atom stereocenters. The van der Waals surface area contributed by atoms with Gasteiger partial charge < -0.3 is 9.64 Å². The molecule has 0 unspecified atom stereocenters. The molecule has 1 heterocycles. The molecule has 3 aromatic carbocycles. The molecule has 1 aliphatic rings. The number of nitrogens with one attached hydrogen (secondary N) is 1. The van der Waals surface area contributed by atoms with Crippen molar-refractivity contribution in [3.05, 3.63) is 72.3 Å². The lowest BCUT2D eigenvalue weighted by Gasteiger charge is -2.31. The summed E-state index contributed by atoms with van der Waals surface area (Å²) < 4.78 is 33.7. The molecule has 0 aliphatic carbocycles. The number of fused-ring (bicyclic) bond motifs is 1. The Labute approximate surface area is 166 Å². The van der Waals surface area contributed by atoms with Crippen molar-refractivity contribution >= 4 is 20.8 Å². The summed E-state index contributed by atoms with van der Waals surface area (Å²) in [7, 11) is -1.94. The van der Waals surface area contributed by atoms with Crippen LogP contribution in [-0.4, -0.2) is 46.0 Å². The largest absolute Gasteiger partial charge is 0.496 e. The third-order valence-corrected chi connectivity index (χ3v) is 7.37. The Morgan fingerprint density at radius 3 is 2.21 bits per heavy atom. The molecule has 1 saturated heterocycles. The first-order chi connectivity index (χ1) is 13.6. The Morgan fingerprint density at radius 2 is 1.54 bits per heavy atom. The van der Waals surface area contributed by atoms with Crippen molar-refractivity contribution in [2.75, 3.05) is 33.3 Å². The van der Waals surface area contributed by atoms with Crippen LogP contribution in [0.2, 0.25) is 0 Å². The Kier molecular flexibility index (Phi) is 5.35. The number of nitrogens with zero attached hydrogens (tertiary/aromatic N) is 1. The SMILES string of the molecule is COc1ccc(S(=O)(=O)N2CC[NH+](Cc3ccccc3)CC2)c2ccccc12. The highest BCUT2D eigenvalue weighted by Gasteiger charge is 2.31. The lowest BCUT2D eigenvalue weighted by atomic mass is 10.1. The van der Waals surface area contributed by atoms with Crippen LogP contribution in [0.15, 0.2) is 71.6 Å². The van der Waals surface area contributed by atoms with Gasteiger partial charge in [0.2, 0.25) is 10.0 Å². The normalized spacial score (nSPS) is 16.3. The van der Waals surface area contributed by atoms with Crippen LogP contribution in [0.1, 0.15) is 5.56 Å². The number of ether oxygens (including phenoxy) is 1. The zero-order valence-electron chi connectivity index (χ0n) is 16.0. The first-order valence-corrected chi connectivity index (χ1v) is 11.0. The van der Waals surface area contributed by atoms with Crippen molar-refractivity contribution < 1.29 is 18.1 Å². The van der Waals surface area contributed by atoms with Gasteiger partial charge in [0.15, 0.2) is 0 Å². The molecule has 0 saturated carbocycles. The molecule has 1 N–H and O–H groups in total. The first kappa shape index (κ1) is 18.9. The lowest BCUT2D eigenvalue weighted by molar-refractivity contribution is -0.917. The van der Waals surface area contributed by atoms with Crippen molar-refractivity contribution in [3.8, 4) is 5.75 Å². The topological polar surface area (TPSA) is 51.1 Å². The van der Waals surface area contributed by atoms with Gasteiger partial charge in [0.1, 0.15) is 12.3 Å². The second kappa shape index (κ2) is 7.91. The van der Waals surface area contributed by atoms with E-state index in [4.69, 9.17) is 4.74 Å². The van der Waals surface area contributed by atoms with Crippen LogP contribution in [0.25, 0.3) is 10.8 Å². The predicted octanol–water partition coefficient (Wildman–Crippen LogP) is 1.94. The van der Waals surface area contributed by atoms with E-state index in [9.17, 15) is 8.42 Å². The Morgan fingerprint density at radius 1 is 0.893 bits per heavy atom. The van der Waals surface area contributed by atoms with Crippen LogP contribution < -0.4 is 9.64 Å². The number of quaternary nitrogens is 1. The Hall–Kier alpha value is -2.41. The number of sulfonamides is 1. The van der Waals surface area contributed by atoms with E-state index < -0.39 is 10.0 Å². The highest BCUT2D eigenvalue weighted by atomic mass is 32.2. The van der Waals surface area contributed by atoms with Gasteiger partial charge in [-0.3, -0.25) is 0 Å². The van der Waals surface area contributed by atoms with Gasteiger partial charge in [-0.2, -0.15) is 4.31 Å². The van der Waals surface area contributed by atoms with E-state index in [1.54, 1.807) is 23.5 Å². The molecule has 0 spiro atoms. The summed E-state index contributed by atoms with van der Waals surface area (Å²) in [6.45, 7) is 3.61. The van der Waals surface area contributed by atoms with Gasteiger partial charge in [0, 0.05) is 16.3 Å². The quantitative estimate of drug-likeness (QED) is 0.716. The maximum absolute atomic E-state index is 13.3. The number of hydrogen-bond acceptors (Lipinski definition) is 3. The second-order valence-electron chi connectivity index (χ2n) is 7.13. The molecule has 5 nitrogen and oxygen atoms in total. The molecule has 0 bridgehead atoms. The average Bonchev–Trinajstić information content (AvgIpc) is 2.74. The van der Waals surface area contributed by atoms with E-state index in [0.29, 0.717) is 29.1 Å². The van der Waals surface area contributed by atoms with Gasteiger partial charge in [0.25, 0.3) is 0 Å². The second-order valence-corrected chi connectivity index (χ2v) is 9.03. The summed E-state index contributed by atoms with van der Waals surface area (Å²) in [6, 6.07) is 21.3. The summed E-state index contributed by atoms with van der Waals surface area (Å²) in [5.74, 6) is 0.687. The summed E-state index contributed by atoms with van der Waals surface area (Å²) >= 11 is 0. The van der Waals surface area contributed by atoms with Crippen LogP contribution in [0.4, 0.5) is 0 Å². The van der Waals surface area contributed by atoms with E-state index in [1.807, 2.05) is 42.5 Å². The first-order valence-electron chi connectivity index (χ1n) is 9.53. The minimum Gasteiger partial charge on any atom is -0.496 e. The van der Waals surface area contributed by atoms with Crippen molar-refractivity contribution in [1.29, 1.82) is 0 Å². The molecule has 6 heteroatoms. The molecule has 0 amide bonds. The number of piperazine rings is 1. The van der Waals surface area contributed by atoms with Crippen molar-refractivity contribution in [2.45, 2.75) is 11.4 Å². The van der Waals surface area contributed by atoms with Gasteiger partial charge in [-0.05, 0) is 12.1 Å². The number of hydrogen-bond donors (Lipinski definition) is 1. The fourth-order valence-electron chi connectivity index (χ4n) is 3.89. The van der Waals surface area contributed by atoms with Gasteiger partial charge >= 0.3 is 0 Å². The molecule has 1 fully saturated rings. The van der Waals surface area contributed by atoms with Gasteiger partial charge in [0.05, 0.1) is 38.2 Å². The highest BCUT2D eigenvalue weighted by Crippen LogP contribution is 2.32. The van der Waals surface area contributed by atoms with E-state index in [1.165, 1.54) is 10.5 Å². The van der Waals surface area contributed by atoms with Gasteiger partial charge in [-0.15, -0.1) is 0 Å². The minimum absolute atomic E-state index is 0.357. The fraction of sp³-hybridized carbons (Fsp3) is 0.273. The van der Waals surface area contributed by atoms with Crippen molar-refractivity contribution in [1.82, 2.24) is 4.31 Å². The zero-order valence-corrected chi connectivity index (χ0v) is 16.8. The molecule has 4 rings (SSSR count). The average molecular weight is 398 g/mol. The predicted molar refractivity (Wildman–Crippen MR) is 110 cm³/mol. The number of rotatable bonds is 5. The molecule has 146 valence electrons. The van der Waals surface area contributed by atoms with Crippen LogP contribution in [0.3, 0.4) is 0 Å². The Bertz CT molecular complexity index is 1060. The maximum atomic E-state index is 13.3. The lowest BCUT2D eigenvalue weighted by Crippen LogP contribution is -3.13. The number of methoxy groups -OCH3 is 1. The highest BCUT2D eigenvalue weighted by molar-refractivity contribution is 7.89. The van der Waals surface area contributed by atoms with Gasteiger partial charge in [-0.1, -0.05) is 54.6 Å². The summed E-state index contributed by atoms with van der Waals surface area (Å²) in [5, 5.41) is 1.53. The Balaban J connectivity index is 1.55. The van der Waals surface area contributed by atoms with Crippen molar-refractivity contribution in [2.24, 2.45) is 0 Å².